The predicted molar refractivity (Wildman–Crippen MR) is 197 cm³/mol. The molecule has 0 aliphatic carbocycles. The largest absolute Gasteiger partial charge is 0.488 e. The average molecular weight is 691 g/mol. The Hall–Kier alpha value is -6.55. The molecule has 0 radical (unpaired) electrons. The summed E-state index contributed by atoms with van der Waals surface area (Å²) in [6.45, 7) is 1.90. The molecule has 10 nitrogen and oxygen atoms in total. The fourth-order valence-corrected chi connectivity index (χ4v) is 7.62. The molecule has 0 saturated carbocycles. The van der Waals surface area contributed by atoms with Crippen LogP contribution in [0.25, 0.3) is 6.08 Å². The minimum atomic E-state index is -0.807. The normalized spacial score (nSPS) is 18.9. The molecule has 0 bridgehead atoms. The highest BCUT2D eigenvalue weighted by molar-refractivity contribution is 6.39. The van der Waals surface area contributed by atoms with E-state index in [4.69, 9.17) is 4.74 Å². The lowest BCUT2D eigenvalue weighted by atomic mass is 9.76. The summed E-state index contributed by atoms with van der Waals surface area (Å²) in [5.74, 6) is -1.03. The van der Waals surface area contributed by atoms with Gasteiger partial charge in [0, 0.05) is 48.3 Å². The molecule has 52 heavy (non-hydrogen) atoms. The van der Waals surface area contributed by atoms with Crippen LogP contribution in [0, 0.1) is 10.1 Å². The van der Waals surface area contributed by atoms with Gasteiger partial charge in [-0.25, -0.2) is 9.69 Å². The lowest BCUT2D eigenvalue weighted by Crippen LogP contribution is -2.54. The molecule has 10 heteroatoms. The van der Waals surface area contributed by atoms with Gasteiger partial charge in [0.2, 0.25) is 0 Å². The van der Waals surface area contributed by atoms with E-state index in [1.54, 1.807) is 36.4 Å². The number of benzene rings is 5. The van der Waals surface area contributed by atoms with Gasteiger partial charge in [-0.3, -0.25) is 25.0 Å². The number of carbonyl (C=O) groups excluding carboxylic acids is 3. The predicted octanol–water partition coefficient (Wildman–Crippen LogP) is 7.72. The first-order valence-corrected chi connectivity index (χ1v) is 17.2. The molecule has 0 aromatic heterocycles. The number of rotatable bonds is 8. The minimum Gasteiger partial charge on any atom is -0.488 e. The Labute approximate surface area is 300 Å². The lowest BCUT2D eigenvalue weighted by molar-refractivity contribution is -0.384. The first kappa shape index (κ1) is 32.6. The Morgan fingerprint density at radius 3 is 1.94 bits per heavy atom. The van der Waals surface area contributed by atoms with Crippen molar-refractivity contribution in [3.05, 3.63) is 170 Å². The lowest BCUT2D eigenvalue weighted by Gasteiger charge is -2.44. The fraction of sp³-hybridized carbons (Fsp3) is 0.167. The van der Waals surface area contributed by atoms with Crippen LogP contribution in [0.4, 0.5) is 21.9 Å². The van der Waals surface area contributed by atoms with Gasteiger partial charge in [0.05, 0.1) is 10.6 Å². The Balaban J connectivity index is 1.18. The summed E-state index contributed by atoms with van der Waals surface area (Å²) in [5, 5.41) is 13.5. The summed E-state index contributed by atoms with van der Waals surface area (Å²) in [6.07, 6.45) is 3.21. The number of nitrogens with zero attached hydrogens (tertiary/aromatic N) is 3. The molecule has 4 amide bonds. The van der Waals surface area contributed by atoms with Gasteiger partial charge in [-0.15, -0.1) is 0 Å². The number of hydrogen-bond donors (Lipinski definition) is 1. The van der Waals surface area contributed by atoms with Crippen molar-refractivity contribution in [2.75, 3.05) is 22.9 Å². The number of non-ortho nitro benzene ring substituents is 1. The Morgan fingerprint density at radius 2 is 1.35 bits per heavy atom. The molecule has 2 atom stereocenters. The highest BCUT2D eigenvalue weighted by Gasteiger charge is 2.40. The molecule has 3 aliphatic rings. The van der Waals surface area contributed by atoms with Gasteiger partial charge in [-0.2, -0.15) is 0 Å². The maximum atomic E-state index is 14.3. The van der Waals surface area contributed by atoms with Crippen molar-refractivity contribution in [1.29, 1.82) is 0 Å². The van der Waals surface area contributed by atoms with E-state index in [0.29, 0.717) is 22.6 Å². The van der Waals surface area contributed by atoms with E-state index in [2.05, 4.69) is 34.5 Å². The second kappa shape index (κ2) is 13.6. The molecule has 1 N–H and O–H groups in total. The molecule has 0 spiro atoms. The minimum absolute atomic E-state index is 0.0264. The third kappa shape index (κ3) is 6.08. The molecule has 8 rings (SSSR count). The van der Waals surface area contributed by atoms with Crippen LogP contribution in [-0.4, -0.2) is 35.9 Å². The number of amides is 4. The number of hydrogen-bond acceptors (Lipinski definition) is 7. The summed E-state index contributed by atoms with van der Waals surface area (Å²) < 4.78 is 6.04. The molecule has 3 aliphatic heterocycles. The topological polar surface area (TPSA) is 122 Å². The third-order valence-corrected chi connectivity index (χ3v) is 10.1. The summed E-state index contributed by atoms with van der Waals surface area (Å²) in [7, 11) is 0. The van der Waals surface area contributed by atoms with Gasteiger partial charge in [-0.05, 0) is 77.1 Å². The van der Waals surface area contributed by atoms with E-state index >= 15 is 0 Å². The van der Waals surface area contributed by atoms with Gasteiger partial charge in [0.15, 0.2) is 0 Å². The Kier molecular flexibility index (Phi) is 8.56. The quantitative estimate of drug-likeness (QED) is 0.0766. The zero-order valence-electron chi connectivity index (χ0n) is 28.1. The van der Waals surface area contributed by atoms with E-state index in [-0.39, 0.29) is 29.7 Å². The number of anilines is 2. The summed E-state index contributed by atoms with van der Waals surface area (Å²) in [5.41, 5.74) is 6.92. The molecule has 0 unspecified atom stereocenters. The van der Waals surface area contributed by atoms with Crippen molar-refractivity contribution in [3.63, 3.8) is 0 Å². The number of ether oxygens (including phenoxy) is 1. The highest BCUT2D eigenvalue weighted by atomic mass is 16.6. The maximum Gasteiger partial charge on any atom is 0.335 e. The van der Waals surface area contributed by atoms with Crippen LogP contribution in [0.15, 0.2) is 127 Å². The molecule has 5 aromatic rings. The summed E-state index contributed by atoms with van der Waals surface area (Å²) >= 11 is 0. The van der Waals surface area contributed by atoms with Crippen molar-refractivity contribution in [2.45, 2.75) is 31.3 Å². The van der Waals surface area contributed by atoms with E-state index in [1.807, 2.05) is 48.5 Å². The zero-order valence-corrected chi connectivity index (χ0v) is 28.1. The van der Waals surface area contributed by atoms with E-state index < -0.39 is 22.8 Å². The number of carbonyl (C=O) groups is 3. The Bertz CT molecular complexity index is 2160. The zero-order chi connectivity index (χ0) is 35.8. The molecule has 3 heterocycles. The number of para-hydroxylation sites is 1. The van der Waals surface area contributed by atoms with E-state index in [9.17, 15) is 24.5 Å². The molecular formula is C42H34N4O6. The van der Waals surface area contributed by atoms with Crippen LogP contribution in [0.5, 0.6) is 5.75 Å². The smallest absolute Gasteiger partial charge is 0.335 e. The van der Waals surface area contributed by atoms with Crippen molar-refractivity contribution < 1.29 is 24.0 Å². The first-order valence-electron chi connectivity index (χ1n) is 17.2. The standard InChI is InChI=1S/C42H34N4O6/c47-40-37(23-30-13-7-8-14-38(30)52-26-27-15-17-31(18-16-27)46(50)51)41(48)45(42(49)43-40)32-24-35-33(28-9-3-1-4-10-28)19-21-44-22-20-34(36(25-32)39(35)44)29-11-5-2-6-12-29/h1-18,23-25,33-34H,19-22,26H2,(H,43,47,49)/b37-23+/t33-,34-/m0/s1. The van der Waals surface area contributed by atoms with Crippen LogP contribution in [-0.2, 0) is 16.2 Å². The maximum absolute atomic E-state index is 14.3. The SMILES string of the molecule is O=C1NC(=O)N(c2cc3c4c(c2)[C@H](c2ccccc2)CCN4CC[C@H]3c2ccccc2)C(=O)/C1=C/c1ccccc1OCc1ccc([N+](=O)[O-])cc1. The number of nitrogens with one attached hydrogen (secondary N) is 1. The molecule has 1 fully saturated rings. The van der Waals surface area contributed by atoms with Gasteiger partial charge < -0.3 is 9.64 Å². The third-order valence-electron chi connectivity index (χ3n) is 10.1. The van der Waals surface area contributed by atoms with Crippen LogP contribution in [0.3, 0.4) is 0 Å². The summed E-state index contributed by atoms with van der Waals surface area (Å²) in [4.78, 5) is 55.4. The van der Waals surface area contributed by atoms with Gasteiger partial charge in [0.25, 0.3) is 17.5 Å². The molecule has 258 valence electrons. The van der Waals surface area contributed by atoms with Crippen LogP contribution >= 0.6 is 0 Å². The Morgan fingerprint density at radius 1 is 0.769 bits per heavy atom. The monoisotopic (exact) mass is 690 g/mol. The molecular weight excluding hydrogens is 656 g/mol. The van der Waals surface area contributed by atoms with Crippen LogP contribution < -0.4 is 19.9 Å². The van der Waals surface area contributed by atoms with Crippen molar-refractivity contribution in [3.8, 4) is 5.75 Å². The first-order chi connectivity index (χ1) is 25.4. The fourth-order valence-electron chi connectivity index (χ4n) is 7.62. The van der Waals surface area contributed by atoms with Gasteiger partial charge in [0.1, 0.15) is 17.9 Å². The number of urea groups is 1. The number of nitro benzene ring substituents is 1. The van der Waals surface area contributed by atoms with Gasteiger partial charge in [-0.1, -0.05) is 78.9 Å². The van der Waals surface area contributed by atoms with Crippen molar-refractivity contribution in [1.82, 2.24) is 5.32 Å². The number of nitro groups is 1. The second-order valence-electron chi connectivity index (χ2n) is 13.2. The van der Waals surface area contributed by atoms with Crippen molar-refractivity contribution >= 4 is 41.0 Å². The molecule has 5 aromatic carbocycles. The number of imide groups is 2. The highest BCUT2D eigenvalue weighted by Crippen LogP contribution is 2.50. The second-order valence-corrected chi connectivity index (χ2v) is 13.2. The molecule has 1 saturated heterocycles. The van der Waals surface area contributed by atoms with Crippen LogP contribution in [0.1, 0.15) is 58.1 Å². The van der Waals surface area contributed by atoms with Crippen molar-refractivity contribution in [2.24, 2.45) is 0 Å². The van der Waals surface area contributed by atoms with Crippen LogP contribution in [0.2, 0.25) is 0 Å². The van der Waals surface area contributed by atoms with Gasteiger partial charge >= 0.3 is 6.03 Å². The van der Waals surface area contributed by atoms with E-state index in [1.165, 1.54) is 29.3 Å². The number of barbiturate groups is 1. The summed E-state index contributed by atoms with van der Waals surface area (Å²) in [6, 6.07) is 36.6. The average Bonchev–Trinajstić information content (AvgIpc) is 3.17. The van der Waals surface area contributed by atoms with E-state index in [0.717, 1.165) is 47.6 Å².